The molecule has 0 N–H and O–H groups in total. The van der Waals surface area contributed by atoms with E-state index < -0.39 is 16.0 Å². The van der Waals surface area contributed by atoms with Crippen LogP contribution in [0, 0.1) is 0 Å². The molecule has 1 heterocycles. The largest absolute Gasteiger partial charge is 0.307 e. The zero-order chi connectivity index (χ0) is 10.1. The Morgan fingerprint density at radius 1 is 1.62 bits per heavy atom. The standard InChI is InChI=1S/C7H10FNO2S2/c1-5(2)7-9-3-6(12-7)4-13(8,10)11/h3,5H,4H2,1-2H3. The van der Waals surface area contributed by atoms with Crippen LogP contribution >= 0.6 is 11.3 Å². The molecule has 3 nitrogen and oxygen atoms in total. The molecule has 0 saturated carbocycles. The Kier molecular flexibility index (Phi) is 3.02. The van der Waals surface area contributed by atoms with Crippen LogP contribution < -0.4 is 0 Å². The topological polar surface area (TPSA) is 47.0 Å². The summed E-state index contributed by atoms with van der Waals surface area (Å²) in [6.07, 6.45) is 1.41. The van der Waals surface area contributed by atoms with Gasteiger partial charge >= 0.3 is 10.2 Å². The first-order valence-electron chi connectivity index (χ1n) is 3.75. The highest BCUT2D eigenvalue weighted by Gasteiger charge is 2.13. The van der Waals surface area contributed by atoms with E-state index in [0.29, 0.717) is 4.88 Å². The van der Waals surface area contributed by atoms with E-state index in [1.54, 1.807) is 0 Å². The van der Waals surface area contributed by atoms with E-state index >= 15 is 0 Å². The molecule has 0 fully saturated rings. The van der Waals surface area contributed by atoms with Gasteiger partial charge in [0, 0.05) is 17.0 Å². The average molecular weight is 223 g/mol. The maximum Gasteiger partial charge on any atom is 0.307 e. The fourth-order valence-corrected chi connectivity index (χ4v) is 2.61. The number of thiazole rings is 1. The Bertz CT molecular complexity index is 383. The molecule has 0 amide bonds. The summed E-state index contributed by atoms with van der Waals surface area (Å²) in [4.78, 5) is 4.44. The molecule has 0 saturated heterocycles. The number of halogens is 1. The zero-order valence-corrected chi connectivity index (χ0v) is 8.95. The number of aromatic nitrogens is 1. The Balaban J connectivity index is 2.81. The van der Waals surface area contributed by atoms with Crippen molar-refractivity contribution >= 4 is 21.6 Å². The van der Waals surface area contributed by atoms with Gasteiger partial charge in [-0.1, -0.05) is 13.8 Å². The molecule has 0 atom stereocenters. The molecule has 0 aliphatic carbocycles. The van der Waals surface area contributed by atoms with E-state index in [4.69, 9.17) is 0 Å². The highest BCUT2D eigenvalue weighted by molar-refractivity contribution is 7.85. The lowest BCUT2D eigenvalue weighted by molar-refractivity contribution is 0.551. The zero-order valence-electron chi connectivity index (χ0n) is 7.32. The molecule has 0 radical (unpaired) electrons. The van der Waals surface area contributed by atoms with Gasteiger partial charge in [-0.05, 0) is 0 Å². The van der Waals surface area contributed by atoms with Crippen molar-refractivity contribution in [3.63, 3.8) is 0 Å². The van der Waals surface area contributed by atoms with E-state index in [1.807, 2.05) is 13.8 Å². The van der Waals surface area contributed by atoms with Gasteiger partial charge in [-0.15, -0.1) is 15.2 Å². The van der Waals surface area contributed by atoms with Gasteiger partial charge in [-0.3, -0.25) is 0 Å². The van der Waals surface area contributed by atoms with Gasteiger partial charge in [0.1, 0.15) is 5.75 Å². The van der Waals surface area contributed by atoms with Crippen molar-refractivity contribution < 1.29 is 12.3 Å². The molecule has 0 aromatic carbocycles. The average Bonchev–Trinajstić information content (AvgIpc) is 2.31. The molecule has 0 aliphatic rings. The third kappa shape index (κ3) is 3.40. The Morgan fingerprint density at radius 3 is 2.62 bits per heavy atom. The minimum Gasteiger partial charge on any atom is -0.249 e. The molecule has 13 heavy (non-hydrogen) atoms. The lowest BCUT2D eigenvalue weighted by Crippen LogP contribution is -1.92. The summed E-state index contributed by atoms with van der Waals surface area (Å²) in [6, 6.07) is 0. The summed E-state index contributed by atoms with van der Waals surface area (Å²) in [5, 5.41) is 0.832. The maximum absolute atomic E-state index is 12.2. The molecule has 1 aromatic rings. The lowest BCUT2D eigenvalue weighted by atomic mass is 10.2. The smallest absolute Gasteiger partial charge is 0.249 e. The predicted octanol–water partition coefficient (Wildman–Crippen LogP) is 2.07. The van der Waals surface area contributed by atoms with E-state index in [1.165, 1.54) is 17.5 Å². The highest BCUT2D eigenvalue weighted by atomic mass is 32.3. The first-order chi connectivity index (χ1) is 5.88. The second-order valence-corrected chi connectivity index (χ2v) is 5.52. The Labute approximate surface area is 80.8 Å². The van der Waals surface area contributed by atoms with Gasteiger partial charge in [0.2, 0.25) is 0 Å². The Morgan fingerprint density at radius 2 is 2.23 bits per heavy atom. The minimum atomic E-state index is -4.42. The monoisotopic (exact) mass is 223 g/mol. The summed E-state index contributed by atoms with van der Waals surface area (Å²) in [6.45, 7) is 3.90. The van der Waals surface area contributed by atoms with E-state index in [9.17, 15) is 12.3 Å². The van der Waals surface area contributed by atoms with Gasteiger partial charge in [-0.2, -0.15) is 8.42 Å². The van der Waals surface area contributed by atoms with Crippen molar-refractivity contribution in [3.05, 3.63) is 16.1 Å². The maximum atomic E-state index is 12.2. The lowest BCUT2D eigenvalue weighted by Gasteiger charge is -1.95. The van der Waals surface area contributed by atoms with Crippen LogP contribution in [0.1, 0.15) is 29.7 Å². The summed E-state index contributed by atoms with van der Waals surface area (Å²) < 4.78 is 32.8. The van der Waals surface area contributed by atoms with Crippen molar-refractivity contribution in [2.24, 2.45) is 0 Å². The number of hydrogen-bond donors (Lipinski definition) is 0. The molecule has 1 aromatic heterocycles. The molecule has 0 bridgehead atoms. The fourth-order valence-electron chi connectivity index (χ4n) is 0.826. The van der Waals surface area contributed by atoms with Crippen LogP contribution in [-0.2, 0) is 16.0 Å². The van der Waals surface area contributed by atoms with Crippen LogP contribution in [0.4, 0.5) is 3.89 Å². The van der Waals surface area contributed by atoms with Crippen LogP contribution in [0.2, 0.25) is 0 Å². The summed E-state index contributed by atoms with van der Waals surface area (Å²) in [5.41, 5.74) is 0. The summed E-state index contributed by atoms with van der Waals surface area (Å²) in [7, 11) is -4.42. The fraction of sp³-hybridized carbons (Fsp3) is 0.571. The molecule has 1 rings (SSSR count). The van der Waals surface area contributed by atoms with Gasteiger partial charge in [-0.25, -0.2) is 4.98 Å². The number of rotatable bonds is 3. The van der Waals surface area contributed by atoms with E-state index in [0.717, 1.165) is 5.01 Å². The highest BCUT2D eigenvalue weighted by Crippen LogP contribution is 2.22. The third-order valence-electron chi connectivity index (χ3n) is 1.38. The van der Waals surface area contributed by atoms with Crippen LogP contribution in [0.15, 0.2) is 6.20 Å². The number of hydrogen-bond acceptors (Lipinski definition) is 4. The summed E-state index contributed by atoms with van der Waals surface area (Å²) >= 11 is 1.24. The molecule has 0 spiro atoms. The van der Waals surface area contributed by atoms with Crippen molar-refractivity contribution in [1.29, 1.82) is 0 Å². The van der Waals surface area contributed by atoms with Crippen molar-refractivity contribution in [1.82, 2.24) is 4.98 Å². The second-order valence-electron chi connectivity index (χ2n) is 3.00. The first-order valence-corrected chi connectivity index (χ1v) is 6.12. The molecule has 0 aliphatic heterocycles. The van der Waals surface area contributed by atoms with Gasteiger partial charge < -0.3 is 0 Å². The quantitative estimate of drug-likeness (QED) is 0.737. The minimum absolute atomic E-state index is 0.251. The van der Waals surface area contributed by atoms with Crippen molar-refractivity contribution in [2.45, 2.75) is 25.5 Å². The van der Waals surface area contributed by atoms with E-state index in [2.05, 4.69) is 4.98 Å². The summed E-state index contributed by atoms with van der Waals surface area (Å²) in [5.74, 6) is -0.307. The van der Waals surface area contributed by atoms with Crippen molar-refractivity contribution in [2.75, 3.05) is 0 Å². The molecular weight excluding hydrogens is 213 g/mol. The first kappa shape index (κ1) is 10.6. The van der Waals surface area contributed by atoms with Gasteiger partial charge in [0.05, 0.1) is 5.01 Å². The molecule has 0 unspecified atom stereocenters. The SMILES string of the molecule is CC(C)c1ncc(CS(=O)(=O)F)s1. The van der Waals surface area contributed by atoms with Crippen molar-refractivity contribution in [3.8, 4) is 0 Å². The van der Waals surface area contributed by atoms with Crippen LogP contribution in [0.25, 0.3) is 0 Å². The van der Waals surface area contributed by atoms with Crippen LogP contribution in [-0.4, -0.2) is 13.4 Å². The van der Waals surface area contributed by atoms with E-state index in [-0.39, 0.29) is 5.92 Å². The van der Waals surface area contributed by atoms with Gasteiger partial charge in [0.15, 0.2) is 0 Å². The normalized spacial score (nSPS) is 12.3. The molecule has 6 heteroatoms. The Hall–Kier alpha value is -0.490. The second kappa shape index (κ2) is 3.71. The third-order valence-corrected chi connectivity index (χ3v) is 3.52. The van der Waals surface area contributed by atoms with Gasteiger partial charge in [0.25, 0.3) is 0 Å². The molecule has 74 valence electrons. The number of nitrogens with zero attached hydrogens (tertiary/aromatic N) is 1. The van der Waals surface area contributed by atoms with Crippen LogP contribution in [0.5, 0.6) is 0 Å². The predicted molar refractivity (Wildman–Crippen MR) is 49.9 cm³/mol. The van der Waals surface area contributed by atoms with Crippen LogP contribution in [0.3, 0.4) is 0 Å². The molecular formula is C7H10FNO2S2.